The van der Waals surface area contributed by atoms with Crippen LogP contribution < -0.4 is 0 Å². The molecule has 0 saturated carbocycles. The summed E-state index contributed by atoms with van der Waals surface area (Å²) in [5.41, 5.74) is 3.30. The molecule has 1 aromatic rings. The van der Waals surface area contributed by atoms with Crippen LogP contribution in [0.5, 0.6) is 0 Å². The van der Waals surface area contributed by atoms with Gasteiger partial charge in [-0.05, 0) is 45.2 Å². The first-order valence-corrected chi connectivity index (χ1v) is 7.75. The van der Waals surface area contributed by atoms with Gasteiger partial charge in [0.25, 0.3) is 0 Å². The summed E-state index contributed by atoms with van der Waals surface area (Å²) in [6.07, 6.45) is 1.30. The van der Waals surface area contributed by atoms with Crippen LogP contribution in [-0.4, -0.2) is 49.2 Å². The van der Waals surface area contributed by atoms with Crippen LogP contribution in [0.4, 0.5) is 0 Å². The van der Waals surface area contributed by atoms with E-state index < -0.39 is 0 Å². The second kappa shape index (κ2) is 7.75. The van der Waals surface area contributed by atoms with Gasteiger partial charge in [0.05, 0.1) is 13.5 Å². The first kappa shape index (κ1) is 18.7. The zero-order chi connectivity index (χ0) is 16.9. The molecular weight excluding hydrogens is 276 g/mol. The molecule has 0 radical (unpaired) electrons. The normalized spacial score (nSPS) is 11.8. The molecule has 0 aliphatic carbocycles. The predicted octanol–water partition coefficient (Wildman–Crippen LogP) is 2.97. The quantitative estimate of drug-likeness (QED) is 0.726. The number of hydrogen-bond donors (Lipinski definition) is 0. The molecule has 0 atom stereocenters. The lowest BCUT2D eigenvalue weighted by Gasteiger charge is -2.37. The van der Waals surface area contributed by atoms with E-state index in [0.717, 1.165) is 18.5 Å². The highest BCUT2D eigenvalue weighted by atomic mass is 16.7. The Morgan fingerprint density at radius 1 is 1.23 bits per heavy atom. The molecule has 0 heterocycles. The fourth-order valence-electron chi connectivity index (χ4n) is 2.35. The third-order valence-electron chi connectivity index (χ3n) is 4.47. The molecule has 0 spiro atoms. The molecule has 4 heteroatoms. The summed E-state index contributed by atoms with van der Waals surface area (Å²) in [7, 11) is 5.44. The lowest BCUT2D eigenvalue weighted by Crippen LogP contribution is -2.47. The van der Waals surface area contributed by atoms with Crippen molar-refractivity contribution in [2.24, 2.45) is 0 Å². The minimum absolute atomic E-state index is 0.150. The number of nitrogens with zero attached hydrogens (tertiary/aromatic N) is 2. The van der Waals surface area contributed by atoms with Crippen molar-refractivity contribution in [3.8, 4) is 0 Å². The number of carbonyl (C=O) groups is 1. The van der Waals surface area contributed by atoms with E-state index in [1.165, 1.54) is 11.1 Å². The predicted molar refractivity (Wildman–Crippen MR) is 90.7 cm³/mol. The van der Waals surface area contributed by atoms with E-state index in [2.05, 4.69) is 45.9 Å². The van der Waals surface area contributed by atoms with Gasteiger partial charge in [0, 0.05) is 26.2 Å². The van der Waals surface area contributed by atoms with Crippen molar-refractivity contribution in [1.82, 2.24) is 9.96 Å². The second-order valence-corrected chi connectivity index (χ2v) is 6.66. The van der Waals surface area contributed by atoms with Gasteiger partial charge >= 0.3 is 0 Å². The SMILES string of the molecule is CON(C)CCC(C)(C)N(C)C(=O)Cc1ccc(C)cc1C. The summed E-state index contributed by atoms with van der Waals surface area (Å²) in [6, 6.07) is 6.25. The molecule has 0 unspecified atom stereocenters. The molecule has 0 aromatic heterocycles. The highest BCUT2D eigenvalue weighted by molar-refractivity contribution is 5.79. The Morgan fingerprint density at radius 3 is 2.41 bits per heavy atom. The van der Waals surface area contributed by atoms with Gasteiger partial charge in [-0.25, -0.2) is 0 Å². The van der Waals surface area contributed by atoms with Gasteiger partial charge in [-0.15, -0.1) is 0 Å². The minimum atomic E-state index is -0.206. The van der Waals surface area contributed by atoms with E-state index in [1.807, 2.05) is 19.0 Å². The Morgan fingerprint density at radius 2 is 1.86 bits per heavy atom. The Bertz CT molecular complexity index is 512. The van der Waals surface area contributed by atoms with Crippen molar-refractivity contribution in [1.29, 1.82) is 0 Å². The third kappa shape index (κ3) is 5.11. The maximum absolute atomic E-state index is 12.6. The van der Waals surface area contributed by atoms with Gasteiger partial charge in [-0.3, -0.25) is 4.79 Å². The number of aryl methyl sites for hydroxylation is 2. The highest BCUT2D eigenvalue weighted by Gasteiger charge is 2.27. The van der Waals surface area contributed by atoms with Crippen molar-refractivity contribution < 1.29 is 9.63 Å². The Hall–Kier alpha value is -1.39. The largest absolute Gasteiger partial charge is 0.340 e. The average molecular weight is 306 g/mol. The minimum Gasteiger partial charge on any atom is -0.340 e. The van der Waals surface area contributed by atoms with Crippen LogP contribution in [0.15, 0.2) is 18.2 Å². The van der Waals surface area contributed by atoms with Gasteiger partial charge in [0.15, 0.2) is 0 Å². The van der Waals surface area contributed by atoms with E-state index in [4.69, 9.17) is 4.84 Å². The molecule has 0 fully saturated rings. The molecule has 1 amide bonds. The van der Waals surface area contributed by atoms with E-state index in [9.17, 15) is 4.79 Å². The summed E-state index contributed by atoms with van der Waals surface area (Å²) in [6.45, 7) is 9.10. The number of hydroxylamine groups is 2. The number of carbonyl (C=O) groups excluding carboxylic acids is 1. The zero-order valence-electron chi connectivity index (χ0n) is 15.1. The van der Waals surface area contributed by atoms with Crippen LogP contribution in [-0.2, 0) is 16.1 Å². The molecule has 0 bridgehead atoms. The van der Waals surface area contributed by atoms with Crippen LogP contribution in [0.2, 0.25) is 0 Å². The van der Waals surface area contributed by atoms with Gasteiger partial charge < -0.3 is 9.74 Å². The van der Waals surface area contributed by atoms with Crippen molar-refractivity contribution in [2.45, 2.75) is 46.1 Å². The zero-order valence-corrected chi connectivity index (χ0v) is 15.1. The number of amides is 1. The fraction of sp³-hybridized carbons (Fsp3) is 0.611. The van der Waals surface area contributed by atoms with Gasteiger partial charge in [0.1, 0.15) is 0 Å². The summed E-state index contributed by atoms with van der Waals surface area (Å²) >= 11 is 0. The average Bonchev–Trinajstić information content (AvgIpc) is 2.46. The van der Waals surface area contributed by atoms with E-state index in [0.29, 0.717) is 6.42 Å². The maximum Gasteiger partial charge on any atom is 0.227 e. The van der Waals surface area contributed by atoms with Crippen LogP contribution in [0.1, 0.15) is 37.0 Å². The monoisotopic (exact) mass is 306 g/mol. The molecule has 1 aromatic carbocycles. The highest BCUT2D eigenvalue weighted by Crippen LogP contribution is 2.20. The molecule has 1 rings (SSSR count). The number of hydrogen-bond acceptors (Lipinski definition) is 3. The smallest absolute Gasteiger partial charge is 0.227 e. The first-order valence-electron chi connectivity index (χ1n) is 7.75. The molecular formula is C18H30N2O2. The topological polar surface area (TPSA) is 32.8 Å². The molecule has 0 aliphatic heterocycles. The summed E-state index contributed by atoms with van der Waals surface area (Å²) < 4.78 is 0. The standard InChI is InChI=1S/C18H30N2O2/c1-14-8-9-16(15(2)12-14)13-17(21)20(6)18(3,4)10-11-19(5)22-7/h8-9,12H,10-11,13H2,1-7H3. The van der Waals surface area contributed by atoms with E-state index in [1.54, 1.807) is 12.2 Å². The molecule has 0 saturated heterocycles. The van der Waals surface area contributed by atoms with Crippen molar-refractivity contribution in [3.63, 3.8) is 0 Å². The third-order valence-corrected chi connectivity index (χ3v) is 4.47. The molecule has 0 aliphatic rings. The summed E-state index contributed by atoms with van der Waals surface area (Å²) in [5.74, 6) is 0.150. The van der Waals surface area contributed by atoms with Crippen LogP contribution in [0, 0.1) is 13.8 Å². The van der Waals surface area contributed by atoms with Crippen LogP contribution >= 0.6 is 0 Å². The molecule has 22 heavy (non-hydrogen) atoms. The maximum atomic E-state index is 12.6. The molecule has 4 nitrogen and oxygen atoms in total. The van der Waals surface area contributed by atoms with Crippen molar-refractivity contribution >= 4 is 5.91 Å². The van der Waals surface area contributed by atoms with Crippen molar-refractivity contribution in [3.05, 3.63) is 34.9 Å². The molecule has 124 valence electrons. The summed E-state index contributed by atoms with van der Waals surface area (Å²) in [4.78, 5) is 19.6. The second-order valence-electron chi connectivity index (χ2n) is 6.66. The Balaban J connectivity index is 2.70. The Kier molecular flexibility index (Phi) is 6.57. The van der Waals surface area contributed by atoms with Crippen LogP contribution in [0.3, 0.4) is 0 Å². The fourth-order valence-corrected chi connectivity index (χ4v) is 2.35. The lowest BCUT2D eigenvalue weighted by molar-refractivity contribution is -0.137. The van der Waals surface area contributed by atoms with Gasteiger partial charge in [-0.2, -0.15) is 5.06 Å². The van der Waals surface area contributed by atoms with Gasteiger partial charge in [-0.1, -0.05) is 23.8 Å². The lowest BCUT2D eigenvalue weighted by atomic mass is 9.96. The molecule has 0 N–H and O–H groups in total. The Labute approximate surface area is 135 Å². The van der Waals surface area contributed by atoms with Crippen molar-refractivity contribution in [2.75, 3.05) is 27.7 Å². The number of rotatable bonds is 7. The van der Waals surface area contributed by atoms with Gasteiger partial charge in [0.2, 0.25) is 5.91 Å². The first-order chi connectivity index (χ1) is 10.2. The number of benzene rings is 1. The van der Waals surface area contributed by atoms with E-state index >= 15 is 0 Å². The summed E-state index contributed by atoms with van der Waals surface area (Å²) in [5, 5.41) is 1.78. The van der Waals surface area contributed by atoms with E-state index in [-0.39, 0.29) is 11.4 Å². The number of likely N-dealkylation sites (N-methyl/N-ethyl adjacent to an activating group) is 1. The van der Waals surface area contributed by atoms with Crippen LogP contribution in [0.25, 0.3) is 0 Å².